The summed E-state index contributed by atoms with van der Waals surface area (Å²) < 4.78 is 58.4. The lowest BCUT2D eigenvalue weighted by Crippen LogP contribution is -2.60. The number of hydrogen-bond donors (Lipinski definition) is 2. The lowest BCUT2D eigenvalue weighted by atomic mass is 9.96. The fraction of sp³-hybridized carbons (Fsp3) is 0.578. The summed E-state index contributed by atoms with van der Waals surface area (Å²) in [5, 5.41) is 6.92. The molecule has 15 nitrogen and oxygen atoms in total. The number of nitrogens with zero attached hydrogens (tertiary/aromatic N) is 6. The van der Waals surface area contributed by atoms with Crippen LogP contribution in [0.5, 0.6) is 0 Å². The molecule has 6 heterocycles. The number of alkyl halides is 2. The number of carbonyl (C=O) groups excluding carboxylic acids is 3. The van der Waals surface area contributed by atoms with Crippen LogP contribution in [0.2, 0.25) is 0 Å². The minimum atomic E-state index is -3.53. The number of hydrogen-bond acceptors (Lipinski definition) is 13. The second-order valence-corrected chi connectivity index (χ2v) is 18.9. The molecule has 7 rings (SSSR count). The lowest BCUT2D eigenvalue weighted by Gasteiger charge is -2.35. The third kappa shape index (κ3) is 11.0. The molecule has 3 aliphatic rings. The van der Waals surface area contributed by atoms with Crippen molar-refractivity contribution in [2.45, 2.75) is 110 Å². The Morgan fingerprint density at radius 1 is 1.11 bits per heavy atom. The molecule has 3 aliphatic heterocycles. The molecule has 3 atom stereocenters. The number of esters is 1. The van der Waals surface area contributed by atoms with Crippen molar-refractivity contribution in [3.8, 4) is 22.5 Å². The van der Waals surface area contributed by atoms with Crippen LogP contribution >= 0.6 is 11.3 Å². The van der Waals surface area contributed by atoms with Gasteiger partial charge in [-0.1, -0.05) is 6.07 Å². The van der Waals surface area contributed by atoms with Gasteiger partial charge in [-0.05, 0) is 85.2 Å². The molecule has 342 valence electrons. The van der Waals surface area contributed by atoms with Gasteiger partial charge < -0.3 is 38.6 Å². The van der Waals surface area contributed by atoms with E-state index in [0.29, 0.717) is 69.3 Å². The number of halogens is 2. The number of fused-ring (bicyclic) bond motifs is 6. The van der Waals surface area contributed by atoms with Crippen molar-refractivity contribution in [2.75, 3.05) is 65.0 Å². The lowest BCUT2D eigenvalue weighted by molar-refractivity contribution is -0.162. The number of hydrazine groups is 1. The Kier molecular flexibility index (Phi) is 14.1. The highest BCUT2D eigenvalue weighted by molar-refractivity contribution is 7.10. The number of benzene rings is 1. The second-order valence-electron chi connectivity index (χ2n) is 17.9. The Labute approximate surface area is 371 Å². The minimum Gasteiger partial charge on any atom is -0.458 e. The number of ether oxygens (including phenoxy) is 4. The zero-order chi connectivity index (χ0) is 45.2. The van der Waals surface area contributed by atoms with Gasteiger partial charge in [0.25, 0.3) is 11.8 Å². The van der Waals surface area contributed by atoms with Gasteiger partial charge in [-0.2, -0.15) is 0 Å². The van der Waals surface area contributed by atoms with Crippen molar-refractivity contribution in [2.24, 2.45) is 0 Å². The largest absolute Gasteiger partial charge is 0.458 e. The first-order chi connectivity index (χ1) is 29.9. The SMILES string of the molecule is CO[C@@H](C)c1ncc(N2CCN(C)CC2)cc1-c1c2c3cc(ccc3n1CCOC(C)C)-c1csc(n1)C[C@H](NC(=O)OC(C)(C)C)C(=O)N1CCC[C@H](N1)C(=O)OCC(F)(F)C2. The summed E-state index contributed by atoms with van der Waals surface area (Å²) in [6, 6.07) is 5.53. The quantitative estimate of drug-likeness (QED) is 0.180. The number of piperazine rings is 1. The van der Waals surface area contributed by atoms with E-state index in [9.17, 15) is 14.4 Å². The number of rotatable bonds is 9. The highest BCUT2D eigenvalue weighted by Crippen LogP contribution is 2.43. The van der Waals surface area contributed by atoms with Gasteiger partial charge in [0.1, 0.15) is 17.7 Å². The third-order valence-corrected chi connectivity index (χ3v) is 12.4. The first-order valence-corrected chi connectivity index (χ1v) is 22.6. The number of thiazole rings is 1. The molecular formula is C45H60F2N8O7S. The zero-order valence-corrected chi connectivity index (χ0v) is 38.3. The van der Waals surface area contributed by atoms with Crippen molar-refractivity contribution < 1.29 is 42.1 Å². The van der Waals surface area contributed by atoms with Crippen LogP contribution in [0, 0.1) is 0 Å². The Balaban J connectivity index is 1.40. The van der Waals surface area contributed by atoms with Crippen LogP contribution in [0.15, 0.2) is 35.8 Å². The summed E-state index contributed by atoms with van der Waals surface area (Å²) in [7, 11) is 3.68. The zero-order valence-electron chi connectivity index (χ0n) is 37.5. The first-order valence-electron chi connectivity index (χ1n) is 21.7. The average Bonchev–Trinajstić information content (AvgIpc) is 3.82. The molecule has 1 aromatic carbocycles. The molecule has 0 radical (unpaired) electrons. The summed E-state index contributed by atoms with van der Waals surface area (Å²) in [6.07, 6.45) is 0.393. The third-order valence-electron chi connectivity index (χ3n) is 11.5. The number of cyclic esters (lactones) is 1. The molecule has 2 saturated heterocycles. The molecule has 4 aromatic rings. The van der Waals surface area contributed by atoms with E-state index >= 15 is 8.78 Å². The van der Waals surface area contributed by atoms with E-state index in [2.05, 4.69) is 27.6 Å². The average molecular weight is 895 g/mol. The Bertz CT molecular complexity index is 2290. The Morgan fingerprint density at radius 3 is 2.59 bits per heavy atom. The molecular weight excluding hydrogens is 835 g/mol. The Hall–Kier alpha value is -4.75. The maximum atomic E-state index is 16.8. The number of alkyl carbamates (subject to hydrolysis) is 1. The monoisotopic (exact) mass is 894 g/mol. The molecule has 3 aromatic heterocycles. The topological polar surface area (TPSA) is 153 Å². The van der Waals surface area contributed by atoms with E-state index in [1.54, 1.807) is 27.9 Å². The molecule has 0 unspecified atom stereocenters. The maximum Gasteiger partial charge on any atom is 0.408 e. The van der Waals surface area contributed by atoms with Crippen LogP contribution in [0.4, 0.5) is 19.3 Å². The fourth-order valence-electron chi connectivity index (χ4n) is 8.26. The normalized spacial score (nSPS) is 20.7. The number of nitrogens with one attached hydrogen (secondary N) is 2. The molecule has 2 amide bonds. The van der Waals surface area contributed by atoms with Gasteiger partial charge in [0.2, 0.25) is 0 Å². The summed E-state index contributed by atoms with van der Waals surface area (Å²) in [5.74, 6) is -4.98. The highest BCUT2D eigenvalue weighted by atomic mass is 32.1. The summed E-state index contributed by atoms with van der Waals surface area (Å²) >= 11 is 1.31. The molecule has 0 saturated carbocycles. The first kappa shape index (κ1) is 46.2. The number of anilines is 1. The highest BCUT2D eigenvalue weighted by Gasteiger charge is 2.39. The van der Waals surface area contributed by atoms with Crippen LogP contribution in [0.3, 0.4) is 0 Å². The van der Waals surface area contributed by atoms with Crippen LogP contribution in [0.25, 0.3) is 33.4 Å². The smallest absolute Gasteiger partial charge is 0.408 e. The van der Waals surface area contributed by atoms with Crippen molar-refractivity contribution in [1.82, 2.24) is 35.2 Å². The summed E-state index contributed by atoms with van der Waals surface area (Å²) in [6.45, 7) is 13.9. The van der Waals surface area contributed by atoms with Crippen LogP contribution < -0.4 is 15.6 Å². The predicted molar refractivity (Wildman–Crippen MR) is 237 cm³/mol. The molecule has 6 bridgehead atoms. The second kappa shape index (κ2) is 19.2. The standard InChI is InChI=1S/C45H60F2N8O7S/c1-27(2)60-19-18-54-37-12-11-29-20-31(37)33(40(54)32-21-30(24-48-39(32)28(3)59-8)53-16-14-52(7)15-17-53)23-45(46,47)26-61-42(57)34-10-9-13-55(51-34)41(56)35(22-38-49-36(29)25-63-38)50-43(58)62-44(4,5)6/h11-12,20-21,24-25,27-28,34-35,51H,9-10,13-19,22-23,26H2,1-8H3,(H,50,58)/t28-,34-,35-/m0/s1. The van der Waals surface area contributed by atoms with Crippen LogP contribution in [-0.4, -0.2) is 132 Å². The van der Waals surface area contributed by atoms with Crippen LogP contribution in [0.1, 0.15) is 76.8 Å². The van der Waals surface area contributed by atoms with Gasteiger partial charge >= 0.3 is 12.1 Å². The molecule has 0 spiro atoms. The number of aromatic nitrogens is 3. The molecule has 2 N–H and O–H groups in total. The van der Waals surface area contributed by atoms with Gasteiger partial charge in [0.15, 0.2) is 6.61 Å². The van der Waals surface area contributed by atoms with Gasteiger partial charge in [-0.25, -0.2) is 24.0 Å². The van der Waals surface area contributed by atoms with E-state index in [-0.39, 0.29) is 25.5 Å². The molecule has 18 heteroatoms. The van der Waals surface area contributed by atoms with Gasteiger partial charge in [-0.3, -0.25) is 19.6 Å². The van der Waals surface area contributed by atoms with Gasteiger partial charge in [0.05, 0.1) is 52.8 Å². The minimum absolute atomic E-state index is 0.0310. The van der Waals surface area contributed by atoms with Crippen molar-refractivity contribution in [3.63, 3.8) is 0 Å². The van der Waals surface area contributed by atoms with Crippen molar-refractivity contribution >= 4 is 45.9 Å². The van der Waals surface area contributed by atoms with E-state index in [4.69, 9.17) is 28.9 Å². The number of pyridine rings is 1. The molecule has 63 heavy (non-hydrogen) atoms. The molecule has 0 aliphatic carbocycles. The number of amides is 2. The van der Waals surface area contributed by atoms with Crippen molar-refractivity contribution in [3.05, 3.63) is 52.1 Å². The summed E-state index contributed by atoms with van der Waals surface area (Å²) in [4.78, 5) is 55.1. The number of methoxy groups -OCH3 is 1. The summed E-state index contributed by atoms with van der Waals surface area (Å²) in [5.41, 5.74) is 7.03. The maximum absolute atomic E-state index is 16.8. The van der Waals surface area contributed by atoms with Crippen LogP contribution in [-0.2, 0) is 47.9 Å². The van der Waals surface area contributed by atoms with Crippen molar-refractivity contribution in [1.29, 1.82) is 0 Å². The Morgan fingerprint density at radius 2 is 1.87 bits per heavy atom. The van der Waals surface area contributed by atoms with E-state index in [1.165, 1.54) is 16.3 Å². The molecule has 2 fully saturated rings. The van der Waals surface area contributed by atoms with E-state index in [1.807, 2.05) is 61.2 Å². The number of carbonyl (C=O) groups is 3. The van der Waals surface area contributed by atoms with Gasteiger partial charge in [0, 0.05) is 86.6 Å². The fourth-order valence-corrected chi connectivity index (χ4v) is 9.11. The number of likely N-dealkylation sites (N-methyl/N-ethyl adjacent to an activating group) is 1. The van der Waals surface area contributed by atoms with E-state index < -0.39 is 60.7 Å². The van der Waals surface area contributed by atoms with E-state index in [0.717, 1.165) is 31.9 Å². The van der Waals surface area contributed by atoms with Gasteiger partial charge in [-0.15, -0.1) is 11.3 Å². The predicted octanol–water partition coefficient (Wildman–Crippen LogP) is 6.38.